The number of nitrogens with zero attached hydrogens (tertiary/aromatic N) is 2. The third kappa shape index (κ3) is 2.31. The molecule has 5 heteroatoms. The Balaban J connectivity index is 1.92. The van der Waals surface area contributed by atoms with Crippen LogP contribution >= 0.6 is 0 Å². The molecular formula is C15H19N3O2. The van der Waals surface area contributed by atoms with Gasteiger partial charge in [-0.05, 0) is 11.6 Å². The van der Waals surface area contributed by atoms with Crippen LogP contribution in [0, 0.1) is 0 Å². The average molecular weight is 273 g/mol. The summed E-state index contributed by atoms with van der Waals surface area (Å²) in [5.74, 6) is 2.93. The van der Waals surface area contributed by atoms with Crippen molar-refractivity contribution in [1.82, 2.24) is 9.55 Å². The second kappa shape index (κ2) is 5.07. The van der Waals surface area contributed by atoms with Gasteiger partial charge in [-0.3, -0.25) is 0 Å². The van der Waals surface area contributed by atoms with Crippen molar-refractivity contribution in [3.63, 3.8) is 0 Å². The van der Waals surface area contributed by atoms with Crippen LogP contribution in [0.15, 0.2) is 24.5 Å². The number of imidazole rings is 1. The van der Waals surface area contributed by atoms with Crippen LogP contribution in [-0.2, 0) is 6.54 Å². The summed E-state index contributed by atoms with van der Waals surface area (Å²) in [6.07, 6.45) is 3.80. The molecule has 1 aromatic heterocycles. The topological polar surface area (TPSA) is 62.3 Å². The van der Waals surface area contributed by atoms with Crippen LogP contribution in [0.4, 0.5) is 5.69 Å². The quantitative estimate of drug-likeness (QED) is 0.872. The van der Waals surface area contributed by atoms with Gasteiger partial charge in [0.05, 0.1) is 6.54 Å². The van der Waals surface area contributed by atoms with Crippen molar-refractivity contribution in [3.8, 4) is 11.5 Å². The van der Waals surface area contributed by atoms with Gasteiger partial charge in [0, 0.05) is 30.1 Å². The van der Waals surface area contributed by atoms with Gasteiger partial charge in [-0.15, -0.1) is 0 Å². The molecule has 0 atom stereocenters. The van der Waals surface area contributed by atoms with E-state index in [0.717, 1.165) is 28.6 Å². The third-order valence-corrected chi connectivity index (χ3v) is 3.41. The number of fused-ring (bicyclic) bond motifs is 1. The molecule has 2 N–H and O–H groups in total. The number of nitrogen functional groups attached to an aromatic ring is 1. The number of anilines is 1. The lowest BCUT2D eigenvalue weighted by molar-refractivity contribution is 0.171. The fraction of sp³-hybridized carbons (Fsp3) is 0.400. The second-order valence-corrected chi connectivity index (χ2v) is 5.26. The molecule has 2 aromatic rings. The Bertz CT molecular complexity index is 620. The van der Waals surface area contributed by atoms with Crippen LogP contribution in [0.2, 0.25) is 0 Å². The van der Waals surface area contributed by atoms with E-state index in [1.165, 1.54) is 0 Å². The lowest BCUT2D eigenvalue weighted by atomic mass is 10.1. The van der Waals surface area contributed by atoms with Crippen molar-refractivity contribution in [2.75, 3.05) is 18.9 Å². The molecule has 1 aliphatic heterocycles. The fourth-order valence-electron chi connectivity index (χ4n) is 2.42. The number of ether oxygens (including phenoxy) is 2. The average Bonchev–Trinajstić information content (AvgIpc) is 2.88. The minimum absolute atomic E-state index is 0.378. The molecule has 0 fully saturated rings. The van der Waals surface area contributed by atoms with E-state index in [4.69, 9.17) is 15.2 Å². The van der Waals surface area contributed by atoms with Crippen molar-refractivity contribution in [1.29, 1.82) is 0 Å². The summed E-state index contributed by atoms with van der Waals surface area (Å²) in [4.78, 5) is 4.40. The van der Waals surface area contributed by atoms with E-state index in [0.29, 0.717) is 25.7 Å². The normalized spacial score (nSPS) is 13.8. The summed E-state index contributed by atoms with van der Waals surface area (Å²) in [6.45, 7) is 6.11. The highest BCUT2D eigenvalue weighted by Gasteiger charge is 2.16. The Morgan fingerprint density at radius 1 is 1.25 bits per heavy atom. The molecule has 0 bridgehead atoms. The number of nitrogens with two attached hydrogens (primary N) is 1. The molecule has 0 amide bonds. The van der Waals surface area contributed by atoms with Gasteiger partial charge in [-0.1, -0.05) is 13.8 Å². The van der Waals surface area contributed by atoms with E-state index in [1.807, 2.05) is 24.5 Å². The molecule has 2 heterocycles. The van der Waals surface area contributed by atoms with E-state index >= 15 is 0 Å². The van der Waals surface area contributed by atoms with E-state index in [9.17, 15) is 0 Å². The lowest BCUT2D eigenvalue weighted by Gasteiger charge is -2.20. The highest BCUT2D eigenvalue weighted by Crippen LogP contribution is 2.34. The Morgan fingerprint density at radius 2 is 1.95 bits per heavy atom. The van der Waals surface area contributed by atoms with Gasteiger partial charge >= 0.3 is 0 Å². The van der Waals surface area contributed by atoms with Crippen LogP contribution in [0.1, 0.15) is 31.2 Å². The van der Waals surface area contributed by atoms with Crippen molar-refractivity contribution in [2.24, 2.45) is 0 Å². The first kappa shape index (κ1) is 12.8. The van der Waals surface area contributed by atoms with E-state index < -0.39 is 0 Å². The predicted octanol–water partition coefficient (Wildman–Crippen LogP) is 2.41. The van der Waals surface area contributed by atoms with Gasteiger partial charge in [0.25, 0.3) is 0 Å². The summed E-state index contributed by atoms with van der Waals surface area (Å²) in [5.41, 5.74) is 7.86. The molecule has 0 aliphatic carbocycles. The zero-order chi connectivity index (χ0) is 14.1. The number of rotatable bonds is 3. The van der Waals surface area contributed by atoms with Crippen LogP contribution in [0.5, 0.6) is 11.5 Å². The van der Waals surface area contributed by atoms with Gasteiger partial charge in [-0.2, -0.15) is 0 Å². The Kier molecular flexibility index (Phi) is 3.26. The number of hydrogen-bond acceptors (Lipinski definition) is 4. The van der Waals surface area contributed by atoms with Crippen LogP contribution in [-0.4, -0.2) is 22.8 Å². The maximum Gasteiger partial charge on any atom is 0.163 e. The molecule has 106 valence electrons. The van der Waals surface area contributed by atoms with E-state index in [-0.39, 0.29) is 0 Å². The molecule has 0 saturated carbocycles. The molecule has 20 heavy (non-hydrogen) atoms. The third-order valence-electron chi connectivity index (χ3n) is 3.41. The first-order chi connectivity index (χ1) is 9.65. The highest BCUT2D eigenvalue weighted by molar-refractivity contribution is 5.58. The van der Waals surface area contributed by atoms with Crippen molar-refractivity contribution in [2.45, 2.75) is 26.3 Å². The molecule has 5 nitrogen and oxygen atoms in total. The molecule has 0 saturated heterocycles. The summed E-state index contributed by atoms with van der Waals surface area (Å²) in [5, 5.41) is 0. The Hall–Kier alpha value is -2.17. The maximum absolute atomic E-state index is 6.12. The van der Waals surface area contributed by atoms with Gasteiger partial charge < -0.3 is 19.8 Å². The van der Waals surface area contributed by atoms with Crippen LogP contribution in [0.3, 0.4) is 0 Å². The summed E-state index contributed by atoms with van der Waals surface area (Å²) in [7, 11) is 0. The second-order valence-electron chi connectivity index (χ2n) is 5.26. The number of hydrogen-bond donors (Lipinski definition) is 1. The van der Waals surface area contributed by atoms with Gasteiger partial charge in [-0.25, -0.2) is 4.98 Å². The fourth-order valence-corrected chi connectivity index (χ4v) is 2.42. The van der Waals surface area contributed by atoms with Gasteiger partial charge in [0.1, 0.15) is 19.0 Å². The number of benzene rings is 1. The zero-order valence-corrected chi connectivity index (χ0v) is 11.8. The molecule has 3 rings (SSSR count). The smallest absolute Gasteiger partial charge is 0.163 e. The minimum Gasteiger partial charge on any atom is -0.486 e. The predicted molar refractivity (Wildman–Crippen MR) is 77.3 cm³/mol. The number of aromatic nitrogens is 2. The standard InChI is InChI=1S/C15H19N3O2/c1-10(2)15-17-3-4-18(15)9-11-7-13-14(8-12(11)16)20-6-5-19-13/h3-4,7-8,10H,5-6,9,16H2,1-2H3. The molecule has 1 aliphatic rings. The monoisotopic (exact) mass is 273 g/mol. The molecule has 0 spiro atoms. The Morgan fingerprint density at radius 3 is 2.65 bits per heavy atom. The van der Waals surface area contributed by atoms with Gasteiger partial charge in [0.2, 0.25) is 0 Å². The molecular weight excluding hydrogens is 254 g/mol. The zero-order valence-electron chi connectivity index (χ0n) is 11.8. The maximum atomic E-state index is 6.12. The SMILES string of the molecule is CC(C)c1nccn1Cc1cc2c(cc1N)OCCO2. The van der Waals surface area contributed by atoms with E-state index in [2.05, 4.69) is 23.4 Å². The largest absolute Gasteiger partial charge is 0.486 e. The summed E-state index contributed by atoms with van der Waals surface area (Å²) >= 11 is 0. The lowest BCUT2D eigenvalue weighted by Crippen LogP contribution is -2.16. The van der Waals surface area contributed by atoms with Gasteiger partial charge in [0.15, 0.2) is 11.5 Å². The van der Waals surface area contributed by atoms with Crippen molar-refractivity contribution in [3.05, 3.63) is 35.9 Å². The minimum atomic E-state index is 0.378. The van der Waals surface area contributed by atoms with Crippen molar-refractivity contribution >= 4 is 5.69 Å². The summed E-state index contributed by atoms with van der Waals surface area (Å²) in [6, 6.07) is 3.81. The molecule has 1 aromatic carbocycles. The van der Waals surface area contributed by atoms with Crippen LogP contribution < -0.4 is 15.2 Å². The molecule has 0 radical (unpaired) electrons. The first-order valence-corrected chi connectivity index (χ1v) is 6.84. The van der Waals surface area contributed by atoms with Crippen molar-refractivity contribution < 1.29 is 9.47 Å². The Labute approximate surface area is 118 Å². The highest BCUT2D eigenvalue weighted by atomic mass is 16.6. The summed E-state index contributed by atoms with van der Waals surface area (Å²) < 4.78 is 13.3. The molecule has 0 unspecified atom stereocenters. The first-order valence-electron chi connectivity index (χ1n) is 6.84. The van der Waals surface area contributed by atoms with E-state index in [1.54, 1.807) is 0 Å². The van der Waals surface area contributed by atoms with Crippen LogP contribution in [0.25, 0.3) is 0 Å².